The lowest BCUT2D eigenvalue weighted by Gasteiger charge is -2.24. The Bertz CT molecular complexity index is 1450. The fraction of sp³-hybridized carbons (Fsp3) is 0.172. The maximum atomic E-state index is 13.1. The standard InChI is InChI=1S/C29H25FN4O3/c1-2-15-35-22-13-7-20(8-14-22)27-26-25(24(16-31)28(32)37-29(26)34-33-27)19-5-11-23(12-6-19)36-17-18-3-9-21(30)10-4-18/h3-14,25H,2,15,17,32H2,1H3,(H,33,34). The summed E-state index contributed by atoms with van der Waals surface area (Å²) in [5, 5.41) is 17.3. The van der Waals surface area contributed by atoms with Crippen LogP contribution in [0.5, 0.6) is 17.4 Å². The lowest BCUT2D eigenvalue weighted by atomic mass is 9.83. The summed E-state index contributed by atoms with van der Waals surface area (Å²) >= 11 is 0. The highest BCUT2D eigenvalue weighted by molar-refractivity contribution is 5.71. The van der Waals surface area contributed by atoms with Gasteiger partial charge in [-0.25, -0.2) is 4.39 Å². The van der Waals surface area contributed by atoms with Crippen LogP contribution in [0.3, 0.4) is 0 Å². The van der Waals surface area contributed by atoms with Crippen LogP contribution in [0.2, 0.25) is 0 Å². The van der Waals surface area contributed by atoms with E-state index < -0.39 is 5.92 Å². The van der Waals surface area contributed by atoms with Gasteiger partial charge < -0.3 is 19.9 Å². The van der Waals surface area contributed by atoms with E-state index in [9.17, 15) is 9.65 Å². The van der Waals surface area contributed by atoms with Crippen LogP contribution in [0, 0.1) is 17.1 Å². The molecule has 1 aliphatic heterocycles. The van der Waals surface area contributed by atoms with Gasteiger partial charge in [-0.05, 0) is 66.1 Å². The zero-order chi connectivity index (χ0) is 25.8. The van der Waals surface area contributed by atoms with Crippen molar-refractivity contribution in [2.45, 2.75) is 25.9 Å². The van der Waals surface area contributed by atoms with Crippen molar-refractivity contribution in [2.24, 2.45) is 5.73 Å². The number of hydrogen-bond acceptors (Lipinski definition) is 6. The van der Waals surface area contributed by atoms with E-state index in [0.29, 0.717) is 30.4 Å². The summed E-state index contributed by atoms with van der Waals surface area (Å²) in [7, 11) is 0. The number of H-pyrrole nitrogens is 1. The van der Waals surface area contributed by atoms with Crippen molar-refractivity contribution < 1.29 is 18.6 Å². The minimum absolute atomic E-state index is 0.0259. The van der Waals surface area contributed by atoms with E-state index in [0.717, 1.165) is 40.1 Å². The first kappa shape index (κ1) is 23.9. The number of nitrogens with two attached hydrogens (primary N) is 1. The number of nitrogens with one attached hydrogen (secondary N) is 1. The normalized spacial score (nSPS) is 14.5. The predicted molar refractivity (Wildman–Crippen MR) is 136 cm³/mol. The smallest absolute Gasteiger partial charge is 0.244 e. The number of aromatic amines is 1. The molecule has 1 unspecified atom stereocenters. The maximum Gasteiger partial charge on any atom is 0.244 e. The third-order valence-electron chi connectivity index (χ3n) is 6.09. The van der Waals surface area contributed by atoms with Crippen LogP contribution in [0.1, 0.15) is 36.0 Å². The van der Waals surface area contributed by atoms with Crippen LogP contribution >= 0.6 is 0 Å². The van der Waals surface area contributed by atoms with Gasteiger partial charge in [0.05, 0.1) is 23.8 Å². The highest BCUT2D eigenvalue weighted by Crippen LogP contribution is 2.46. The lowest BCUT2D eigenvalue weighted by molar-refractivity contribution is 0.306. The van der Waals surface area contributed by atoms with Crippen molar-refractivity contribution in [3.63, 3.8) is 0 Å². The van der Waals surface area contributed by atoms with Crippen molar-refractivity contribution in [1.29, 1.82) is 5.26 Å². The van der Waals surface area contributed by atoms with Gasteiger partial charge in [-0.15, -0.1) is 5.10 Å². The largest absolute Gasteiger partial charge is 0.494 e. The highest BCUT2D eigenvalue weighted by atomic mass is 19.1. The summed E-state index contributed by atoms with van der Waals surface area (Å²) < 4.78 is 30.4. The number of nitriles is 1. The van der Waals surface area contributed by atoms with Gasteiger partial charge in [0.2, 0.25) is 11.8 Å². The van der Waals surface area contributed by atoms with Crippen LogP contribution in [0.4, 0.5) is 4.39 Å². The Kier molecular flexibility index (Phi) is 6.77. The topological polar surface area (TPSA) is 106 Å². The van der Waals surface area contributed by atoms with Gasteiger partial charge in [0.25, 0.3) is 0 Å². The Morgan fingerprint density at radius 1 is 1.00 bits per heavy atom. The summed E-state index contributed by atoms with van der Waals surface area (Å²) in [5.74, 6) is 1.02. The third-order valence-corrected chi connectivity index (χ3v) is 6.09. The van der Waals surface area contributed by atoms with Gasteiger partial charge in [0.15, 0.2) is 0 Å². The number of halogens is 1. The van der Waals surface area contributed by atoms with E-state index in [-0.39, 0.29) is 11.7 Å². The minimum Gasteiger partial charge on any atom is -0.494 e. The van der Waals surface area contributed by atoms with Crippen LogP contribution in [-0.2, 0) is 6.61 Å². The molecule has 0 amide bonds. The molecule has 1 aliphatic rings. The molecule has 0 saturated carbocycles. The number of fused-ring (bicyclic) bond motifs is 1. The van der Waals surface area contributed by atoms with Crippen LogP contribution < -0.4 is 19.9 Å². The van der Waals surface area contributed by atoms with E-state index in [4.69, 9.17) is 19.9 Å². The first-order valence-corrected chi connectivity index (χ1v) is 11.9. The number of aromatic nitrogens is 2. The first-order chi connectivity index (χ1) is 18.1. The van der Waals surface area contributed by atoms with Gasteiger partial charge >= 0.3 is 0 Å². The number of allylic oxidation sites excluding steroid dienone is 1. The number of benzene rings is 3. The molecule has 3 aromatic carbocycles. The molecule has 2 heterocycles. The molecule has 3 N–H and O–H groups in total. The van der Waals surface area contributed by atoms with Crippen molar-refractivity contribution in [3.05, 3.63) is 107 Å². The molecule has 37 heavy (non-hydrogen) atoms. The number of hydrogen-bond donors (Lipinski definition) is 2. The van der Waals surface area contributed by atoms with Crippen LogP contribution in [0.15, 0.2) is 84.3 Å². The van der Waals surface area contributed by atoms with Crippen molar-refractivity contribution in [3.8, 4) is 34.7 Å². The average molecular weight is 497 g/mol. The molecular weight excluding hydrogens is 471 g/mol. The second-order valence-corrected chi connectivity index (χ2v) is 8.60. The van der Waals surface area contributed by atoms with Crippen molar-refractivity contribution >= 4 is 0 Å². The summed E-state index contributed by atoms with van der Waals surface area (Å²) in [5.41, 5.74) is 10.5. The Labute approximate surface area is 213 Å². The summed E-state index contributed by atoms with van der Waals surface area (Å²) in [6.45, 7) is 3.01. The van der Waals surface area contributed by atoms with Gasteiger partial charge in [-0.2, -0.15) is 5.26 Å². The second kappa shape index (κ2) is 10.5. The van der Waals surface area contributed by atoms with E-state index in [2.05, 4.69) is 23.2 Å². The predicted octanol–water partition coefficient (Wildman–Crippen LogP) is 5.80. The van der Waals surface area contributed by atoms with Gasteiger partial charge in [0.1, 0.15) is 35.6 Å². The summed E-state index contributed by atoms with van der Waals surface area (Å²) in [6, 6.07) is 23.5. The van der Waals surface area contributed by atoms with Crippen molar-refractivity contribution in [1.82, 2.24) is 10.2 Å². The third kappa shape index (κ3) is 4.98. The highest BCUT2D eigenvalue weighted by Gasteiger charge is 2.35. The summed E-state index contributed by atoms with van der Waals surface area (Å²) in [4.78, 5) is 0. The molecule has 7 nitrogen and oxygen atoms in total. The van der Waals surface area contributed by atoms with E-state index >= 15 is 0 Å². The van der Waals surface area contributed by atoms with Crippen LogP contribution in [0.25, 0.3) is 11.3 Å². The summed E-state index contributed by atoms with van der Waals surface area (Å²) in [6.07, 6.45) is 0.926. The molecule has 0 fully saturated rings. The average Bonchev–Trinajstić information content (AvgIpc) is 3.34. The number of rotatable bonds is 8. The molecule has 1 aromatic heterocycles. The quantitative estimate of drug-likeness (QED) is 0.319. The molecule has 5 rings (SSSR count). The lowest BCUT2D eigenvalue weighted by Crippen LogP contribution is -2.21. The molecule has 0 saturated heterocycles. The maximum absolute atomic E-state index is 13.1. The molecule has 0 aliphatic carbocycles. The second-order valence-electron chi connectivity index (χ2n) is 8.60. The number of ether oxygens (including phenoxy) is 3. The molecule has 0 radical (unpaired) electrons. The molecule has 0 bridgehead atoms. The minimum atomic E-state index is -0.482. The fourth-order valence-corrected chi connectivity index (χ4v) is 4.24. The van der Waals surface area contributed by atoms with E-state index in [1.807, 2.05) is 48.5 Å². The number of nitrogens with zero attached hydrogens (tertiary/aromatic N) is 2. The Morgan fingerprint density at radius 2 is 1.68 bits per heavy atom. The molecule has 8 heteroatoms. The molecule has 0 spiro atoms. The van der Waals surface area contributed by atoms with E-state index in [1.54, 1.807) is 12.1 Å². The SMILES string of the molecule is CCCOc1ccc(-c2[nH]nc3c2C(c2ccc(OCc4ccc(F)cc4)cc2)C(C#N)=C(N)O3)cc1. The Hall–Kier alpha value is -4.77. The van der Waals surface area contributed by atoms with Gasteiger partial charge in [-0.1, -0.05) is 31.2 Å². The van der Waals surface area contributed by atoms with Gasteiger partial charge in [0, 0.05) is 5.56 Å². The molecular formula is C29H25FN4O3. The Balaban J connectivity index is 1.44. The van der Waals surface area contributed by atoms with E-state index in [1.165, 1.54) is 12.1 Å². The molecule has 1 atom stereocenters. The zero-order valence-electron chi connectivity index (χ0n) is 20.2. The fourth-order valence-electron chi connectivity index (χ4n) is 4.24. The van der Waals surface area contributed by atoms with Gasteiger partial charge in [-0.3, -0.25) is 5.10 Å². The Morgan fingerprint density at radius 3 is 2.35 bits per heavy atom. The van der Waals surface area contributed by atoms with Crippen molar-refractivity contribution in [2.75, 3.05) is 6.61 Å². The monoisotopic (exact) mass is 496 g/mol. The molecule has 4 aromatic rings. The van der Waals surface area contributed by atoms with Crippen LogP contribution in [-0.4, -0.2) is 16.8 Å². The first-order valence-electron chi connectivity index (χ1n) is 11.9. The molecule has 186 valence electrons. The zero-order valence-corrected chi connectivity index (χ0v) is 20.2.